The highest BCUT2D eigenvalue weighted by Gasteiger charge is 2.31. The van der Waals surface area contributed by atoms with Crippen LogP contribution in [0.1, 0.15) is 48.3 Å². The molecule has 0 aliphatic heterocycles. The summed E-state index contributed by atoms with van der Waals surface area (Å²) >= 11 is 10.0. The van der Waals surface area contributed by atoms with Crippen LogP contribution in [-0.4, -0.2) is 20.5 Å². The number of anilines is 1. The van der Waals surface area contributed by atoms with E-state index < -0.39 is 0 Å². The first-order valence-electron chi connectivity index (χ1n) is 14.0. The van der Waals surface area contributed by atoms with Crippen LogP contribution in [0.4, 0.5) is 5.82 Å². The normalized spacial score (nSPS) is 14.3. The van der Waals surface area contributed by atoms with Crippen molar-refractivity contribution in [2.24, 2.45) is 5.92 Å². The number of nitrogens with zero attached hydrogens (tertiary/aromatic N) is 3. The van der Waals surface area contributed by atoms with E-state index in [1.54, 1.807) is 10.7 Å². The molecule has 8 heteroatoms. The Kier molecular flexibility index (Phi) is 8.35. The summed E-state index contributed by atoms with van der Waals surface area (Å²) in [4.78, 5) is 18.1. The highest BCUT2D eigenvalue weighted by Crippen LogP contribution is 2.37. The predicted molar refractivity (Wildman–Crippen MR) is 168 cm³/mol. The number of nitrogens with one attached hydrogen (secondary N) is 2. The van der Waals surface area contributed by atoms with E-state index in [9.17, 15) is 4.79 Å². The Morgan fingerprint density at radius 2 is 1.63 bits per heavy atom. The Morgan fingerprint density at radius 1 is 0.951 bits per heavy atom. The highest BCUT2D eigenvalue weighted by molar-refractivity contribution is 9.10. The molecule has 2 aromatic heterocycles. The SMILES string of the molecule is O=C(NCc1ccc(CNc2cc(-c3ccccc3Cl)nc3c(Br)cnn23)cc1)C(c1ccccc1)C1CCCC1. The average molecular weight is 629 g/mol. The molecule has 2 N–H and O–H groups in total. The van der Waals surface area contributed by atoms with Crippen molar-refractivity contribution in [1.29, 1.82) is 0 Å². The summed E-state index contributed by atoms with van der Waals surface area (Å²) in [6.45, 7) is 1.11. The van der Waals surface area contributed by atoms with Gasteiger partial charge in [0.2, 0.25) is 5.91 Å². The van der Waals surface area contributed by atoms with Crippen molar-refractivity contribution in [1.82, 2.24) is 19.9 Å². The minimum absolute atomic E-state index is 0.0858. The van der Waals surface area contributed by atoms with Crippen molar-refractivity contribution >= 4 is 44.9 Å². The highest BCUT2D eigenvalue weighted by atomic mass is 79.9. The number of benzene rings is 3. The van der Waals surface area contributed by atoms with Gasteiger partial charge in [0.25, 0.3) is 0 Å². The third-order valence-electron chi connectivity index (χ3n) is 7.85. The van der Waals surface area contributed by atoms with Crippen LogP contribution in [0.5, 0.6) is 0 Å². The zero-order valence-corrected chi connectivity index (χ0v) is 24.9. The maximum Gasteiger partial charge on any atom is 0.228 e. The monoisotopic (exact) mass is 627 g/mol. The molecular formula is C33H31BrClN5O. The number of fused-ring (bicyclic) bond motifs is 1. The number of aromatic nitrogens is 3. The minimum Gasteiger partial charge on any atom is -0.366 e. The zero-order chi connectivity index (χ0) is 28.2. The van der Waals surface area contributed by atoms with Crippen molar-refractivity contribution in [2.75, 3.05) is 5.32 Å². The number of hydrogen-bond acceptors (Lipinski definition) is 4. The summed E-state index contributed by atoms with van der Waals surface area (Å²) in [7, 11) is 0. The Morgan fingerprint density at radius 3 is 2.37 bits per heavy atom. The van der Waals surface area contributed by atoms with Gasteiger partial charge < -0.3 is 10.6 Å². The molecule has 2 heterocycles. The van der Waals surface area contributed by atoms with Crippen LogP contribution in [0, 0.1) is 5.92 Å². The summed E-state index contributed by atoms with van der Waals surface area (Å²) in [6, 6.07) is 28.2. The standard InChI is InChI=1S/C33H31BrClN5O/c34-27-21-38-40-30(18-29(39-32(27)40)26-12-6-7-13-28(26)35)36-19-22-14-16-23(17-15-22)20-37-33(41)31(25-10-4-5-11-25)24-8-2-1-3-9-24/h1-3,6-9,12-18,21,25,31,36H,4-5,10-11,19-20H2,(H,37,41). The van der Waals surface area contributed by atoms with Crippen LogP contribution in [0.25, 0.3) is 16.9 Å². The summed E-state index contributed by atoms with van der Waals surface area (Å²) in [6.07, 6.45) is 6.39. The maximum absolute atomic E-state index is 13.3. The molecule has 1 fully saturated rings. The second-order valence-electron chi connectivity index (χ2n) is 10.6. The van der Waals surface area contributed by atoms with E-state index in [0.29, 0.717) is 29.7 Å². The van der Waals surface area contributed by atoms with E-state index in [1.165, 1.54) is 12.8 Å². The molecule has 1 unspecified atom stereocenters. The molecule has 41 heavy (non-hydrogen) atoms. The first kappa shape index (κ1) is 27.5. The van der Waals surface area contributed by atoms with E-state index in [4.69, 9.17) is 16.6 Å². The van der Waals surface area contributed by atoms with Gasteiger partial charge in [0.05, 0.1) is 22.3 Å². The molecule has 0 bridgehead atoms. The average Bonchev–Trinajstić information content (AvgIpc) is 3.67. The predicted octanol–water partition coefficient (Wildman–Crippen LogP) is 8.01. The molecule has 6 nitrogen and oxygen atoms in total. The Balaban J connectivity index is 1.13. The molecule has 208 valence electrons. The molecule has 1 aliphatic carbocycles. The third kappa shape index (κ3) is 6.16. The van der Waals surface area contributed by atoms with E-state index in [0.717, 1.165) is 51.1 Å². The lowest BCUT2D eigenvalue weighted by atomic mass is 9.84. The fourth-order valence-electron chi connectivity index (χ4n) is 5.72. The summed E-state index contributed by atoms with van der Waals surface area (Å²) < 4.78 is 2.59. The van der Waals surface area contributed by atoms with Gasteiger partial charge in [-0.25, -0.2) is 4.98 Å². The molecule has 1 saturated carbocycles. The Hall–Kier alpha value is -3.68. The van der Waals surface area contributed by atoms with Crippen molar-refractivity contribution < 1.29 is 4.79 Å². The minimum atomic E-state index is -0.0858. The lowest BCUT2D eigenvalue weighted by Crippen LogP contribution is -2.32. The van der Waals surface area contributed by atoms with Crippen LogP contribution in [0.3, 0.4) is 0 Å². The lowest BCUT2D eigenvalue weighted by Gasteiger charge is -2.23. The van der Waals surface area contributed by atoms with Gasteiger partial charge in [0, 0.05) is 29.7 Å². The van der Waals surface area contributed by atoms with Gasteiger partial charge in [-0.05, 0) is 57.4 Å². The van der Waals surface area contributed by atoms with E-state index in [2.05, 4.69) is 68.1 Å². The van der Waals surface area contributed by atoms with Crippen LogP contribution in [0.15, 0.2) is 95.6 Å². The number of halogens is 2. The van der Waals surface area contributed by atoms with Gasteiger partial charge in [-0.15, -0.1) is 0 Å². The van der Waals surface area contributed by atoms with Crippen LogP contribution in [0.2, 0.25) is 5.02 Å². The largest absolute Gasteiger partial charge is 0.366 e. The molecule has 0 saturated heterocycles. The topological polar surface area (TPSA) is 71.3 Å². The van der Waals surface area contributed by atoms with Crippen LogP contribution < -0.4 is 10.6 Å². The van der Waals surface area contributed by atoms with Crippen molar-refractivity contribution in [3.05, 3.63) is 117 Å². The Bertz CT molecular complexity index is 1650. The quantitative estimate of drug-likeness (QED) is 0.173. The van der Waals surface area contributed by atoms with Crippen molar-refractivity contribution in [2.45, 2.75) is 44.7 Å². The number of amides is 1. The molecular weight excluding hydrogens is 598 g/mol. The van der Waals surface area contributed by atoms with Gasteiger partial charge in [-0.1, -0.05) is 97.2 Å². The molecule has 5 aromatic rings. The number of rotatable bonds is 9. The maximum atomic E-state index is 13.3. The van der Waals surface area contributed by atoms with Gasteiger partial charge in [-0.2, -0.15) is 9.61 Å². The second kappa shape index (κ2) is 12.5. The van der Waals surface area contributed by atoms with Crippen molar-refractivity contribution in [3.63, 3.8) is 0 Å². The van der Waals surface area contributed by atoms with Crippen LogP contribution in [-0.2, 0) is 17.9 Å². The van der Waals surface area contributed by atoms with E-state index in [1.807, 2.05) is 48.5 Å². The molecule has 1 aliphatic rings. The number of carbonyl (C=O) groups excluding carboxylic acids is 1. The molecule has 3 aromatic carbocycles. The fourth-order valence-corrected chi connectivity index (χ4v) is 6.31. The van der Waals surface area contributed by atoms with Gasteiger partial charge >= 0.3 is 0 Å². The molecule has 1 amide bonds. The molecule has 0 radical (unpaired) electrons. The van der Waals surface area contributed by atoms with Gasteiger partial charge in [0.15, 0.2) is 5.65 Å². The first-order chi connectivity index (χ1) is 20.1. The Labute approximate surface area is 253 Å². The molecule has 0 spiro atoms. The number of carbonyl (C=O) groups is 1. The summed E-state index contributed by atoms with van der Waals surface area (Å²) in [5.74, 6) is 1.26. The van der Waals surface area contributed by atoms with Crippen molar-refractivity contribution in [3.8, 4) is 11.3 Å². The van der Waals surface area contributed by atoms with E-state index in [-0.39, 0.29) is 11.8 Å². The van der Waals surface area contributed by atoms with Gasteiger partial charge in [0.1, 0.15) is 5.82 Å². The van der Waals surface area contributed by atoms with Crippen LogP contribution >= 0.6 is 27.5 Å². The second-order valence-corrected chi connectivity index (χ2v) is 11.8. The lowest BCUT2D eigenvalue weighted by molar-refractivity contribution is -0.123. The fraction of sp³-hybridized carbons (Fsp3) is 0.242. The summed E-state index contributed by atoms with van der Waals surface area (Å²) in [5, 5.41) is 11.8. The smallest absolute Gasteiger partial charge is 0.228 e. The molecule has 6 rings (SSSR count). The third-order valence-corrected chi connectivity index (χ3v) is 8.74. The molecule has 1 atom stereocenters. The van der Waals surface area contributed by atoms with E-state index >= 15 is 0 Å². The summed E-state index contributed by atoms with van der Waals surface area (Å²) in [5.41, 5.74) is 5.64. The zero-order valence-electron chi connectivity index (χ0n) is 22.6. The van der Waals surface area contributed by atoms with Gasteiger partial charge in [-0.3, -0.25) is 4.79 Å². The number of hydrogen-bond donors (Lipinski definition) is 2. The first-order valence-corrected chi connectivity index (χ1v) is 15.2.